The molecule has 0 radical (unpaired) electrons. The Hall–Kier alpha value is -2.43. The smallest absolute Gasteiger partial charge is 0.257 e. The second-order valence-electron chi connectivity index (χ2n) is 3.62. The first kappa shape index (κ1) is 11.1. The molecule has 0 aliphatic rings. The van der Waals surface area contributed by atoms with Gasteiger partial charge in [0.1, 0.15) is 0 Å². The molecule has 1 amide bonds. The molecule has 1 heterocycles. The highest BCUT2D eigenvalue weighted by Gasteiger charge is 2.09. The number of hydrogen-bond acceptors (Lipinski definition) is 4. The molecule has 3 N–H and O–H groups in total. The normalized spacial score (nSPS) is 9.94. The lowest BCUT2D eigenvalue weighted by atomic mass is 10.1. The van der Waals surface area contributed by atoms with Gasteiger partial charge in [-0.3, -0.25) is 4.79 Å². The van der Waals surface area contributed by atoms with Crippen LogP contribution < -0.4 is 11.1 Å². The van der Waals surface area contributed by atoms with Crippen molar-refractivity contribution in [2.75, 3.05) is 11.1 Å². The van der Waals surface area contributed by atoms with Gasteiger partial charge in [0.2, 0.25) is 0 Å². The average Bonchev–Trinajstić information content (AvgIpc) is 2.35. The van der Waals surface area contributed by atoms with Crippen LogP contribution >= 0.6 is 0 Å². The first-order chi connectivity index (χ1) is 8.18. The molecular weight excluding hydrogens is 216 g/mol. The van der Waals surface area contributed by atoms with Crippen LogP contribution in [0.1, 0.15) is 15.9 Å². The van der Waals surface area contributed by atoms with Crippen LogP contribution in [-0.2, 0) is 0 Å². The van der Waals surface area contributed by atoms with Crippen molar-refractivity contribution in [3.8, 4) is 0 Å². The maximum Gasteiger partial charge on any atom is 0.257 e. The second-order valence-corrected chi connectivity index (χ2v) is 3.62. The number of carbonyl (C=O) groups is 1. The fraction of sp³-hybridized carbons (Fsp3) is 0.0833. The van der Waals surface area contributed by atoms with Gasteiger partial charge in [-0.2, -0.15) is 10.2 Å². The lowest BCUT2D eigenvalue weighted by molar-refractivity contribution is 0.102. The summed E-state index contributed by atoms with van der Waals surface area (Å²) < 4.78 is 0. The number of anilines is 2. The standard InChI is InChI=1S/C12H12N4O/c1-8-3-2-4-10(13)11(8)16-12(17)9-5-6-14-15-7-9/h2-7H,13H2,1H3,(H,16,17). The van der Waals surface area contributed by atoms with Crippen molar-refractivity contribution in [2.24, 2.45) is 0 Å². The van der Waals surface area contributed by atoms with Gasteiger partial charge >= 0.3 is 0 Å². The minimum atomic E-state index is -0.249. The number of nitrogens with one attached hydrogen (secondary N) is 1. The summed E-state index contributed by atoms with van der Waals surface area (Å²) in [6.07, 6.45) is 2.87. The van der Waals surface area contributed by atoms with Crippen molar-refractivity contribution in [2.45, 2.75) is 6.92 Å². The highest BCUT2D eigenvalue weighted by atomic mass is 16.1. The molecule has 17 heavy (non-hydrogen) atoms. The number of nitrogens with two attached hydrogens (primary N) is 1. The summed E-state index contributed by atoms with van der Waals surface area (Å²) in [7, 11) is 0. The lowest BCUT2D eigenvalue weighted by Gasteiger charge is -2.10. The third-order valence-corrected chi connectivity index (χ3v) is 2.39. The van der Waals surface area contributed by atoms with Crippen molar-refractivity contribution in [3.63, 3.8) is 0 Å². The Morgan fingerprint density at radius 2 is 2.12 bits per heavy atom. The highest BCUT2D eigenvalue weighted by Crippen LogP contribution is 2.22. The predicted octanol–water partition coefficient (Wildman–Crippen LogP) is 1.62. The van der Waals surface area contributed by atoms with Crippen LogP contribution in [0.25, 0.3) is 0 Å². The number of aryl methyl sites for hydroxylation is 1. The molecule has 0 aliphatic heterocycles. The molecule has 0 fully saturated rings. The Balaban J connectivity index is 2.25. The molecule has 1 aromatic heterocycles. The van der Waals surface area contributed by atoms with Crippen molar-refractivity contribution < 1.29 is 4.79 Å². The molecule has 2 rings (SSSR count). The molecule has 2 aromatic rings. The van der Waals surface area contributed by atoms with Crippen LogP contribution in [0.5, 0.6) is 0 Å². The average molecular weight is 228 g/mol. The number of para-hydroxylation sites is 1. The molecule has 0 saturated carbocycles. The monoisotopic (exact) mass is 228 g/mol. The van der Waals surface area contributed by atoms with E-state index in [1.165, 1.54) is 12.4 Å². The van der Waals surface area contributed by atoms with E-state index in [4.69, 9.17) is 5.73 Å². The Morgan fingerprint density at radius 1 is 1.29 bits per heavy atom. The summed E-state index contributed by atoms with van der Waals surface area (Å²) in [6, 6.07) is 7.06. The summed E-state index contributed by atoms with van der Waals surface area (Å²) in [5.41, 5.74) is 8.34. The first-order valence-electron chi connectivity index (χ1n) is 5.11. The minimum absolute atomic E-state index is 0.249. The van der Waals surface area contributed by atoms with E-state index < -0.39 is 0 Å². The van der Waals surface area contributed by atoms with Crippen molar-refractivity contribution in [1.29, 1.82) is 0 Å². The Morgan fingerprint density at radius 3 is 2.76 bits per heavy atom. The van der Waals surface area contributed by atoms with Crippen molar-refractivity contribution >= 4 is 17.3 Å². The second kappa shape index (κ2) is 4.61. The van der Waals surface area contributed by atoms with Crippen LogP contribution in [0.15, 0.2) is 36.7 Å². The van der Waals surface area contributed by atoms with Crippen molar-refractivity contribution in [3.05, 3.63) is 47.8 Å². The molecule has 0 saturated heterocycles. The van der Waals surface area contributed by atoms with Crippen LogP contribution in [-0.4, -0.2) is 16.1 Å². The maximum atomic E-state index is 11.9. The topological polar surface area (TPSA) is 80.9 Å². The highest BCUT2D eigenvalue weighted by molar-refractivity contribution is 6.05. The molecule has 5 nitrogen and oxygen atoms in total. The number of benzene rings is 1. The number of aromatic nitrogens is 2. The van der Waals surface area contributed by atoms with E-state index in [9.17, 15) is 4.79 Å². The Bertz CT molecular complexity index is 519. The number of amides is 1. The third-order valence-electron chi connectivity index (χ3n) is 2.39. The molecule has 0 aliphatic carbocycles. The quantitative estimate of drug-likeness (QED) is 0.765. The molecule has 1 aromatic carbocycles. The Kier molecular flexibility index (Phi) is 3.00. The molecule has 0 spiro atoms. The predicted molar refractivity (Wildman–Crippen MR) is 65.6 cm³/mol. The third kappa shape index (κ3) is 2.39. The number of rotatable bonds is 2. The zero-order valence-electron chi connectivity index (χ0n) is 9.34. The fourth-order valence-corrected chi connectivity index (χ4v) is 1.47. The van der Waals surface area contributed by atoms with Crippen LogP contribution in [0, 0.1) is 6.92 Å². The van der Waals surface area contributed by atoms with Gasteiger partial charge in [0.25, 0.3) is 5.91 Å². The van der Waals surface area contributed by atoms with Gasteiger partial charge in [-0.15, -0.1) is 0 Å². The van der Waals surface area contributed by atoms with Crippen LogP contribution in [0.4, 0.5) is 11.4 Å². The van der Waals surface area contributed by atoms with E-state index in [0.717, 1.165) is 5.56 Å². The van der Waals surface area contributed by atoms with Gasteiger partial charge in [-0.1, -0.05) is 12.1 Å². The number of hydrogen-bond donors (Lipinski definition) is 2. The number of carbonyl (C=O) groups excluding carboxylic acids is 1. The molecule has 0 bridgehead atoms. The summed E-state index contributed by atoms with van der Waals surface area (Å²) in [5, 5.41) is 10.0. The molecular formula is C12H12N4O. The van der Waals surface area contributed by atoms with E-state index in [0.29, 0.717) is 16.9 Å². The molecule has 86 valence electrons. The molecule has 0 unspecified atom stereocenters. The van der Waals surface area contributed by atoms with E-state index in [1.807, 2.05) is 19.1 Å². The Labute approximate surface area is 98.7 Å². The van der Waals surface area contributed by atoms with Crippen molar-refractivity contribution in [1.82, 2.24) is 10.2 Å². The lowest BCUT2D eigenvalue weighted by Crippen LogP contribution is -2.14. The van der Waals surface area contributed by atoms with Crippen LogP contribution in [0.3, 0.4) is 0 Å². The van der Waals surface area contributed by atoms with E-state index in [-0.39, 0.29) is 5.91 Å². The number of nitrogens with zero attached hydrogens (tertiary/aromatic N) is 2. The van der Waals surface area contributed by atoms with E-state index >= 15 is 0 Å². The summed E-state index contributed by atoms with van der Waals surface area (Å²) in [6.45, 7) is 1.89. The largest absolute Gasteiger partial charge is 0.397 e. The number of nitrogen functional groups attached to an aromatic ring is 1. The SMILES string of the molecule is Cc1cccc(N)c1NC(=O)c1ccnnc1. The molecule has 0 atom stereocenters. The minimum Gasteiger partial charge on any atom is -0.397 e. The summed E-state index contributed by atoms with van der Waals surface area (Å²) in [4.78, 5) is 11.9. The van der Waals surface area contributed by atoms with Gasteiger partial charge in [0, 0.05) is 0 Å². The summed E-state index contributed by atoms with van der Waals surface area (Å²) >= 11 is 0. The first-order valence-corrected chi connectivity index (χ1v) is 5.11. The molecule has 5 heteroatoms. The van der Waals surface area contributed by atoms with Gasteiger partial charge in [0.05, 0.1) is 29.3 Å². The van der Waals surface area contributed by atoms with Crippen LogP contribution in [0.2, 0.25) is 0 Å². The van der Waals surface area contributed by atoms with Gasteiger partial charge in [-0.25, -0.2) is 0 Å². The maximum absolute atomic E-state index is 11.9. The van der Waals surface area contributed by atoms with Gasteiger partial charge in [-0.05, 0) is 24.6 Å². The van der Waals surface area contributed by atoms with E-state index in [1.54, 1.807) is 12.1 Å². The zero-order chi connectivity index (χ0) is 12.3. The van der Waals surface area contributed by atoms with E-state index in [2.05, 4.69) is 15.5 Å². The van der Waals surface area contributed by atoms with Gasteiger partial charge in [0.15, 0.2) is 0 Å². The van der Waals surface area contributed by atoms with Gasteiger partial charge < -0.3 is 11.1 Å². The summed E-state index contributed by atoms with van der Waals surface area (Å²) in [5.74, 6) is -0.249. The zero-order valence-corrected chi connectivity index (χ0v) is 9.34. The fourth-order valence-electron chi connectivity index (χ4n) is 1.47.